The van der Waals surface area contributed by atoms with E-state index in [1.807, 2.05) is 0 Å². The van der Waals surface area contributed by atoms with E-state index in [-0.39, 0.29) is 28.4 Å². The number of amidine groups is 1. The van der Waals surface area contributed by atoms with Crippen LogP contribution >= 0.6 is 0 Å². The van der Waals surface area contributed by atoms with Crippen LogP contribution in [0.5, 0.6) is 0 Å². The average Bonchev–Trinajstić information content (AvgIpc) is 3.15. The Morgan fingerprint density at radius 3 is 1.78 bits per heavy atom. The Balaban J connectivity index is 1.70. The molecule has 1 unspecified atom stereocenters. The number of rotatable bonds is 8. The lowest BCUT2D eigenvalue weighted by atomic mass is 9.73. The van der Waals surface area contributed by atoms with Crippen LogP contribution in [0, 0.1) is 31.4 Å². The predicted octanol–water partition coefficient (Wildman–Crippen LogP) is 6.86. The number of fused-ring (bicyclic) bond motifs is 1. The molecule has 252 valence electrons. The molecule has 1 atom stereocenters. The number of sulfonamides is 2. The molecule has 0 fully saturated rings. The van der Waals surface area contributed by atoms with E-state index >= 15 is 0 Å². The zero-order valence-electron chi connectivity index (χ0n) is 26.9. The van der Waals surface area contributed by atoms with Crippen LogP contribution in [0.15, 0.2) is 122 Å². The van der Waals surface area contributed by atoms with Gasteiger partial charge in [0, 0.05) is 0 Å². The maximum Gasteiger partial charge on any atom is 0.321 e. The van der Waals surface area contributed by atoms with Crippen molar-refractivity contribution in [3.8, 4) is 0 Å². The van der Waals surface area contributed by atoms with Crippen molar-refractivity contribution in [2.45, 2.75) is 37.0 Å². The van der Waals surface area contributed by atoms with Crippen molar-refractivity contribution in [1.82, 2.24) is 4.31 Å². The second-order valence-corrected chi connectivity index (χ2v) is 15.3. The summed E-state index contributed by atoms with van der Waals surface area (Å²) in [5, 5.41) is 0. The quantitative estimate of drug-likeness (QED) is 0.186. The van der Waals surface area contributed by atoms with E-state index in [0.717, 1.165) is 15.4 Å². The summed E-state index contributed by atoms with van der Waals surface area (Å²) < 4.78 is 96.0. The first-order valence-electron chi connectivity index (χ1n) is 15.4. The first kappa shape index (κ1) is 33.9. The van der Waals surface area contributed by atoms with Gasteiger partial charge in [-0.05, 0) is 109 Å². The fourth-order valence-corrected chi connectivity index (χ4v) is 8.48. The number of esters is 1. The molecule has 12 heteroatoms. The average molecular weight is 703 g/mol. The standard InChI is InChI=1S/C37H32F2N2O6S2/c1-4-47-37(42)35-34(26-11-15-28(39)16-12-26)32-21-31(25-9-13-27(38)14-10-25)33(32)22-41(49(45,46)30-19-7-24(3)8-20-30)36(35)40-48(43,44)29-17-5-23(2)6-18-29/h5-20,35H,4,21-22H2,1-3H3/b40-36+. The van der Waals surface area contributed by atoms with Crippen molar-refractivity contribution in [2.24, 2.45) is 10.3 Å². The topological polar surface area (TPSA) is 110 Å². The lowest BCUT2D eigenvalue weighted by Crippen LogP contribution is -2.44. The van der Waals surface area contributed by atoms with E-state index in [0.29, 0.717) is 27.8 Å². The zero-order chi connectivity index (χ0) is 35.1. The van der Waals surface area contributed by atoms with Crippen molar-refractivity contribution >= 4 is 43.0 Å². The Labute approximate surface area is 284 Å². The molecule has 2 aliphatic rings. The number of ether oxygens (including phenoxy) is 1. The van der Waals surface area contributed by atoms with Gasteiger partial charge in [-0.2, -0.15) is 8.42 Å². The van der Waals surface area contributed by atoms with Crippen LogP contribution in [-0.2, 0) is 29.6 Å². The van der Waals surface area contributed by atoms with Crippen LogP contribution in [0.3, 0.4) is 0 Å². The summed E-state index contributed by atoms with van der Waals surface area (Å²) in [7, 11) is -9.21. The van der Waals surface area contributed by atoms with Gasteiger partial charge < -0.3 is 4.74 Å². The summed E-state index contributed by atoms with van der Waals surface area (Å²) in [6.45, 7) is 4.64. The molecule has 4 aromatic carbocycles. The third kappa shape index (κ3) is 6.58. The van der Waals surface area contributed by atoms with Crippen LogP contribution in [0.1, 0.15) is 35.6 Å². The summed E-state index contributed by atoms with van der Waals surface area (Å²) in [5.41, 5.74) is 4.47. The predicted molar refractivity (Wildman–Crippen MR) is 182 cm³/mol. The van der Waals surface area contributed by atoms with Gasteiger partial charge in [0.05, 0.1) is 22.9 Å². The van der Waals surface area contributed by atoms with Gasteiger partial charge in [0.15, 0.2) is 5.84 Å². The molecule has 6 rings (SSSR count). The molecule has 0 saturated heterocycles. The Kier molecular flexibility index (Phi) is 9.12. The Hall–Kier alpha value is -4.94. The zero-order valence-corrected chi connectivity index (χ0v) is 28.5. The van der Waals surface area contributed by atoms with Crippen molar-refractivity contribution in [2.75, 3.05) is 13.2 Å². The molecular weight excluding hydrogens is 671 g/mol. The van der Waals surface area contributed by atoms with E-state index in [4.69, 9.17) is 4.74 Å². The van der Waals surface area contributed by atoms with Crippen LogP contribution < -0.4 is 0 Å². The van der Waals surface area contributed by atoms with Gasteiger partial charge in [-0.3, -0.25) is 4.79 Å². The van der Waals surface area contributed by atoms with Crippen molar-refractivity contribution in [3.63, 3.8) is 0 Å². The van der Waals surface area contributed by atoms with Crippen LogP contribution in [0.25, 0.3) is 11.1 Å². The van der Waals surface area contributed by atoms with E-state index < -0.39 is 55.9 Å². The fourth-order valence-electron chi connectivity index (χ4n) is 5.96. The summed E-state index contributed by atoms with van der Waals surface area (Å²) in [6.07, 6.45) is 0.222. The molecule has 8 nitrogen and oxygen atoms in total. The second kappa shape index (κ2) is 13.2. The summed E-state index contributed by atoms with van der Waals surface area (Å²) in [4.78, 5) is 13.7. The van der Waals surface area contributed by atoms with Gasteiger partial charge in [-0.25, -0.2) is 21.5 Å². The Bertz CT molecular complexity index is 2250. The SMILES string of the molecule is CCOC(=O)C1C(c2ccc(F)cc2)=C2CC(c3ccc(F)cc3)=C2CN(S(=O)(=O)c2ccc(C)cc2)/C1=N/S(=O)(=O)c1ccc(C)cc1. The van der Waals surface area contributed by atoms with Gasteiger partial charge in [0.2, 0.25) is 0 Å². The van der Waals surface area contributed by atoms with Crippen molar-refractivity contribution in [1.29, 1.82) is 0 Å². The highest BCUT2D eigenvalue weighted by atomic mass is 32.2. The third-order valence-electron chi connectivity index (χ3n) is 8.52. The normalized spacial score (nSPS) is 17.4. The van der Waals surface area contributed by atoms with E-state index in [1.54, 1.807) is 57.2 Å². The maximum absolute atomic E-state index is 14.7. The molecule has 0 aromatic heterocycles. The minimum atomic E-state index is -4.62. The van der Waals surface area contributed by atoms with E-state index in [2.05, 4.69) is 4.40 Å². The number of halogens is 2. The van der Waals surface area contributed by atoms with Crippen LogP contribution in [0.4, 0.5) is 8.78 Å². The van der Waals surface area contributed by atoms with Crippen LogP contribution in [0.2, 0.25) is 0 Å². The highest BCUT2D eigenvalue weighted by Gasteiger charge is 2.47. The van der Waals surface area contributed by atoms with Gasteiger partial charge in [0.1, 0.15) is 17.6 Å². The van der Waals surface area contributed by atoms with Crippen molar-refractivity contribution in [3.05, 3.63) is 142 Å². The van der Waals surface area contributed by atoms with Gasteiger partial charge in [-0.1, -0.05) is 59.7 Å². The third-order valence-corrected chi connectivity index (χ3v) is 11.6. The molecule has 0 saturated carbocycles. The molecule has 1 heterocycles. The first-order valence-corrected chi connectivity index (χ1v) is 18.3. The number of carbonyl (C=O) groups excluding carboxylic acids is 1. The van der Waals surface area contributed by atoms with E-state index in [1.165, 1.54) is 60.7 Å². The first-order chi connectivity index (χ1) is 23.3. The second-order valence-electron chi connectivity index (χ2n) is 11.8. The summed E-state index contributed by atoms with van der Waals surface area (Å²) in [5.74, 6) is -4.20. The van der Waals surface area contributed by atoms with Crippen molar-refractivity contribution < 1.29 is 35.1 Å². The molecule has 1 aliphatic heterocycles. The minimum absolute atomic E-state index is 0.104. The number of nitrogens with zero attached hydrogens (tertiary/aromatic N) is 2. The lowest BCUT2D eigenvalue weighted by Gasteiger charge is -2.31. The maximum atomic E-state index is 14.7. The summed E-state index contributed by atoms with van der Waals surface area (Å²) >= 11 is 0. The molecule has 0 N–H and O–H groups in total. The highest BCUT2D eigenvalue weighted by molar-refractivity contribution is 7.91. The minimum Gasteiger partial charge on any atom is -0.465 e. The monoisotopic (exact) mass is 702 g/mol. The van der Waals surface area contributed by atoms with E-state index in [9.17, 15) is 30.4 Å². The van der Waals surface area contributed by atoms with Gasteiger partial charge >= 0.3 is 5.97 Å². The van der Waals surface area contributed by atoms with Gasteiger partial charge in [0.25, 0.3) is 20.0 Å². The molecular formula is C37H32F2N2O6S2. The largest absolute Gasteiger partial charge is 0.465 e. The number of hydrogen-bond acceptors (Lipinski definition) is 6. The summed E-state index contributed by atoms with van der Waals surface area (Å²) in [6, 6.07) is 22.8. The Morgan fingerprint density at radius 2 is 1.24 bits per heavy atom. The molecule has 1 aliphatic carbocycles. The van der Waals surface area contributed by atoms with Crippen LogP contribution in [-0.4, -0.2) is 46.1 Å². The number of benzene rings is 4. The fraction of sp³-hybridized carbons (Fsp3) is 0.189. The molecule has 0 bridgehead atoms. The molecule has 0 radical (unpaired) electrons. The molecule has 0 amide bonds. The highest BCUT2D eigenvalue weighted by Crippen LogP contribution is 2.50. The number of allylic oxidation sites excluding steroid dienone is 1. The Morgan fingerprint density at radius 1 is 0.735 bits per heavy atom. The smallest absolute Gasteiger partial charge is 0.321 e. The number of hydrogen-bond donors (Lipinski definition) is 0. The number of aryl methyl sites for hydroxylation is 2. The molecule has 49 heavy (non-hydrogen) atoms. The molecule has 4 aromatic rings. The van der Waals surface area contributed by atoms with Gasteiger partial charge in [-0.15, -0.1) is 4.40 Å². The number of carbonyl (C=O) groups is 1. The lowest BCUT2D eigenvalue weighted by molar-refractivity contribution is -0.144. The molecule has 0 spiro atoms.